The molecule has 1 aromatic heterocycles. The maximum absolute atomic E-state index is 5.64. The molecule has 0 atom stereocenters. The number of ether oxygens (including phenoxy) is 1. The van der Waals surface area contributed by atoms with E-state index in [-0.39, 0.29) is 0 Å². The zero-order chi connectivity index (χ0) is 12.1. The van der Waals surface area contributed by atoms with Gasteiger partial charge in [-0.1, -0.05) is 0 Å². The number of anilines is 1. The molecule has 0 aliphatic rings. The zero-order valence-electron chi connectivity index (χ0n) is 10.1. The van der Waals surface area contributed by atoms with Crippen LogP contribution in [0.3, 0.4) is 0 Å². The summed E-state index contributed by atoms with van der Waals surface area (Å²) in [5.41, 5.74) is 1.06. The van der Waals surface area contributed by atoms with Gasteiger partial charge in [-0.25, -0.2) is 9.67 Å². The van der Waals surface area contributed by atoms with Gasteiger partial charge in [-0.05, 0) is 31.2 Å². The van der Waals surface area contributed by atoms with Crippen molar-refractivity contribution in [2.45, 2.75) is 20.1 Å². The van der Waals surface area contributed by atoms with E-state index in [1.165, 1.54) is 0 Å². The molecule has 1 heterocycles. The number of aromatic nitrogens is 3. The topological polar surface area (TPSA) is 52.0 Å². The van der Waals surface area contributed by atoms with E-state index in [9.17, 15) is 0 Å². The zero-order valence-corrected chi connectivity index (χ0v) is 10.1. The molecular weight excluding hydrogens is 216 g/mol. The van der Waals surface area contributed by atoms with Crippen LogP contribution in [0.15, 0.2) is 30.6 Å². The number of nitrogens with one attached hydrogen (secondary N) is 1. The molecule has 0 bridgehead atoms. The third kappa shape index (κ3) is 2.75. The van der Waals surface area contributed by atoms with Gasteiger partial charge >= 0.3 is 0 Å². The van der Waals surface area contributed by atoms with Crippen molar-refractivity contribution in [3.8, 4) is 5.75 Å². The molecule has 0 spiro atoms. The summed E-state index contributed by atoms with van der Waals surface area (Å²) in [5.74, 6) is 1.67. The highest BCUT2D eigenvalue weighted by atomic mass is 16.5. The smallest absolute Gasteiger partial charge is 0.164 e. The van der Waals surface area contributed by atoms with Gasteiger partial charge in [0.2, 0.25) is 0 Å². The highest BCUT2D eigenvalue weighted by Crippen LogP contribution is 2.16. The number of rotatable bonds is 5. The number of hydrogen-bond acceptors (Lipinski definition) is 4. The number of aryl methyl sites for hydroxylation is 1. The van der Waals surface area contributed by atoms with Gasteiger partial charge in [0.05, 0.1) is 0 Å². The molecule has 5 heteroatoms. The first-order chi connectivity index (χ1) is 8.33. The van der Waals surface area contributed by atoms with Crippen molar-refractivity contribution in [1.29, 1.82) is 0 Å². The second-order valence-electron chi connectivity index (χ2n) is 3.56. The minimum absolute atomic E-state index is 0.437. The maximum Gasteiger partial charge on any atom is 0.164 e. The van der Waals surface area contributed by atoms with Crippen LogP contribution in [0.1, 0.15) is 12.7 Å². The summed E-state index contributed by atoms with van der Waals surface area (Å²) in [6, 6.07) is 7.80. The third-order valence-electron chi connectivity index (χ3n) is 2.51. The van der Waals surface area contributed by atoms with Crippen LogP contribution in [0, 0.1) is 0 Å². The van der Waals surface area contributed by atoms with E-state index in [0.717, 1.165) is 23.8 Å². The van der Waals surface area contributed by atoms with Crippen molar-refractivity contribution in [3.63, 3.8) is 0 Å². The predicted octanol–water partition coefficient (Wildman–Crippen LogP) is 1.92. The summed E-state index contributed by atoms with van der Waals surface area (Å²) in [4.78, 5) is 4.15. The summed E-state index contributed by atoms with van der Waals surface area (Å²) < 4.78 is 7.46. The molecule has 90 valence electrons. The van der Waals surface area contributed by atoms with Crippen LogP contribution < -0.4 is 10.1 Å². The Morgan fingerprint density at radius 2 is 2.06 bits per heavy atom. The molecular formula is C12H16N4O. The van der Waals surface area contributed by atoms with E-state index in [0.29, 0.717) is 6.61 Å². The molecule has 0 amide bonds. The summed E-state index contributed by atoms with van der Waals surface area (Å²) in [7, 11) is 1.89. The first kappa shape index (κ1) is 11.4. The Labute approximate surface area is 100 Å². The number of benzene rings is 1. The van der Waals surface area contributed by atoms with Gasteiger partial charge < -0.3 is 10.1 Å². The molecule has 17 heavy (non-hydrogen) atoms. The molecule has 2 aromatic rings. The maximum atomic E-state index is 5.64. The van der Waals surface area contributed by atoms with Crippen molar-refractivity contribution < 1.29 is 4.74 Å². The largest absolute Gasteiger partial charge is 0.486 e. The second-order valence-corrected chi connectivity index (χ2v) is 3.56. The lowest BCUT2D eigenvalue weighted by Gasteiger charge is -2.07. The van der Waals surface area contributed by atoms with Gasteiger partial charge in [0.15, 0.2) is 5.82 Å². The summed E-state index contributed by atoms with van der Waals surface area (Å²) >= 11 is 0. The highest BCUT2D eigenvalue weighted by molar-refractivity contribution is 5.45. The predicted molar refractivity (Wildman–Crippen MR) is 66.0 cm³/mol. The lowest BCUT2D eigenvalue weighted by atomic mass is 10.3. The lowest BCUT2D eigenvalue weighted by Crippen LogP contribution is -2.07. The Balaban J connectivity index is 1.97. The van der Waals surface area contributed by atoms with Crippen molar-refractivity contribution in [1.82, 2.24) is 14.8 Å². The Bertz CT molecular complexity index is 464. The molecule has 1 aromatic carbocycles. The van der Waals surface area contributed by atoms with Crippen LogP contribution in [0.2, 0.25) is 0 Å². The summed E-state index contributed by atoms with van der Waals surface area (Å²) in [6.45, 7) is 3.27. The van der Waals surface area contributed by atoms with E-state index < -0.39 is 0 Å². The van der Waals surface area contributed by atoms with Gasteiger partial charge in [-0.2, -0.15) is 5.10 Å². The van der Waals surface area contributed by atoms with E-state index >= 15 is 0 Å². The molecule has 0 saturated heterocycles. The van der Waals surface area contributed by atoms with E-state index in [2.05, 4.69) is 15.4 Å². The van der Waals surface area contributed by atoms with Gasteiger partial charge in [-0.3, -0.25) is 0 Å². The fraction of sp³-hybridized carbons (Fsp3) is 0.333. The second kappa shape index (κ2) is 5.34. The fourth-order valence-corrected chi connectivity index (χ4v) is 1.53. The van der Waals surface area contributed by atoms with E-state index in [4.69, 9.17) is 4.74 Å². The van der Waals surface area contributed by atoms with Crippen LogP contribution in [-0.2, 0) is 13.2 Å². The van der Waals surface area contributed by atoms with Gasteiger partial charge in [0.1, 0.15) is 18.7 Å². The lowest BCUT2D eigenvalue weighted by molar-refractivity contribution is 0.287. The Morgan fingerprint density at radius 1 is 1.29 bits per heavy atom. The SMILES string of the molecule is CCn1ncnc1COc1ccc(NC)cc1. The molecule has 0 aliphatic carbocycles. The highest BCUT2D eigenvalue weighted by Gasteiger charge is 2.03. The Morgan fingerprint density at radius 3 is 2.71 bits per heavy atom. The summed E-state index contributed by atoms with van der Waals surface area (Å²) in [6.07, 6.45) is 1.55. The van der Waals surface area contributed by atoms with Gasteiger partial charge in [0, 0.05) is 19.3 Å². The van der Waals surface area contributed by atoms with Crippen LogP contribution in [-0.4, -0.2) is 21.8 Å². The summed E-state index contributed by atoms with van der Waals surface area (Å²) in [5, 5.41) is 7.15. The normalized spacial score (nSPS) is 10.2. The molecule has 0 fully saturated rings. The first-order valence-corrected chi connectivity index (χ1v) is 5.60. The third-order valence-corrected chi connectivity index (χ3v) is 2.51. The molecule has 2 rings (SSSR count). The van der Waals surface area contributed by atoms with Crippen molar-refractivity contribution in [3.05, 3.63) is 36.4 Å². The molecule has 0 unspecified atom stereocenters. The van der Waals surface area contributed by atoms with E-state index in [1.54, 1.807) is 6.33 Å². The van der Waals surface area contributed by atoms with Gasteiger partial charge in [-0.15, -0.1) is 0 Å². The first-order valence-electron chi connectivity index (χ1n) is 5.60. The minimum atomic E-state index is 0.437. The molecule has 0 radical (unpaired) electrons. The van der Waals surface area contributed by atoms with Crippen LogP contribution in [0.25, 0.3) is 0 Å². The monoisotopic (exact) mass is 232 g/mol. The quantitative estimate of drug-likeness (QED) is 0.855. The standard InChI is InChI=1S/C12H16N4O/c1-3-16-12(14-9-15-16)8-17-11-6-4-10(13-2)5-7-11/h4-7,9,13H,3,8H2,1-2H3. The van der Waals surface area contributed by atoms with Crippen LogP contribution in [0.5, 0.6) is 5.75 Å². The minimum Gasteiger partial charge on any atom is -0.486 e. The number of hydrogen-bond donors (Lipinski definition) is 1. The van der Waals surface area contributed by atoms with Gasteiger partial charge in [0.25, 0.3) is 0 Å². The van der Waals surface area contributed by atoms with E-state index in [1.807, 2.05) is 42.9 Å². The Hall–Kier alpha value is -2.04. The average Bonchev–Trinajstić information content (AvgIpc) is 2.84. The molecule has 5 nitrogen and oxygen atoms in total. The molecule has 0 saturated carbocycles. The van der Waals surface area contributed by atoms with Crippen molar-refractivity contribution in [2.75, 3.05) is 12.4 Å². The van der Waals surface area contributed by atoms with Crippen molar-refractivity contribution >= 4 is 5.69 Å². The Kier molecular flexibility index (Phi) is 3.59. The van der Waals surface area contributed by atoms with Crippen molar-refractivity contribution in [2.24, 2.45) is 0 Å². The van der Waals surface area contributed by atoms with Crippen LogP contribution in [0.4, 0.5) is 5.69 Å². The average molecular weight is 232 g/mol. The fourth-order valence-electron chi connectivity index (χ4n) is 1.53. The number of nitrogens with zero attached hydrogens (tertiary/aromatic N) is 3. The molecule has 0 aliphatic heterocycles. The molecule has 1 N–H and O–H groups in total. The van der Waals surface area contributed by atoms with Crippen LogP contribution >= 0.6 is 0 Å².